The van der Waals surface area contributed by atoms with Crippen molar-refractivity contribution in [3.05, 3.63) is 41.6 Å². The first-order valence-corrected chi connectivity index (χ1v) is 7.51. The lowest BCUT2D eigenvalue weighted by molar-refractivity contribution is 0.183. The smallest absolute Gasteiger partial charge is 0.320 e. The fraction of sp³-hybridized carbons (Fsp3) is 0.333. The van der Waals surface area contributed by atoms with Crippen molar-refractivity contribution in [3.63, 3.8) is 0 Å². The van der Waals surface area contributed by atoms with Gasteiger partial charge in [-0.05, 0) is 24.3 Å². The van der Waals surface area contributed by atoms with Crippen LogP contribution in [-0.2, 0) is 11.3 Å². The van der Waals surface area contributed by atoms with E-state index in [1.165, 1.54) is 0 Å². The number of nitrogens with one attached hydrogen (secondary N) is 2. The molecule has 0 radical (unpaired) electrons. The molecule has 0 atom stereocenters. The minimum absolute atomic E-state index is 0.332. The Kier molecular flexibility index (Phi) is 6.71. The molecule has 0 unspecified atom stereocenters. The average Bonchev–Trinajstić information content (AvgIpc) is 2.98. The minimum Gasteiger partial charge on any atom is -0.492 e. The van der Waals surface area contributed by atoms with Crippen molar-refractivity contribution in [2.45, 2.75) is 6.54 Å². The van der Waals surface area contributed by atoms with Crippen molar-refractivity contribution >= 4 is 23.4 Å². The number of urea groups is 1. The molecular formula is C15H19ClN4O3. The van der Waals surface area contributed by atoms with E-state index < -0.39 is 0 Å². The number of methoxy groups -OCH3 is 1. The van der Waals surface area contributed by atoms with Crippen LogP contribution in [0.25, 0.3) is 0 Å². The number of rotatable bonds is 8. The molecule has 1 aromatic heterocycles. The van der Waals surface area contributed by atoms with Gasteiger partial charge in [0, 0.05) is 24.4 Å². The summed E-state index contributed by atoms with van der Waals surface area (Å²) in [6, 6.07) is 8.43. The van der Waals surface area contributed by atoms with Crippen LogP contribution in [0.3, 0.4) is 0 Å². The molecule has 2 N–H and O–H groups in total. The van der Waals surface area contributed by atoms with Gasteiger partial charge >= 0.3 is 6.03 Å². The summed E-state index contributed by atoms with van der Waals surface area (Å²) in [5.74, 6) is 1.19. The molecule has 2 aromatic rings. The van der Waals surface area contributed by atoms with Crippen LogP contribution in [-0.4, -0.2) is 42.7 Å². The third-order valence-electron chi connectivity index (χ3n) is 2.88. The van der Waals surface area contributed by atoms with Gasteiger partial charge in [-0.25, -0.2) is 4.79 Å². The summed E-state index contributed by atoms with van der Waals surface area (Å²) in [7, 11) is 1.63. The Bertz CT molecular complexity index is 615. The van der Waals surface area contributed by atoms with Crippen LogP contribution >= 0.6 is 11.6 Å². The summed E-state index contributed by atoms with van der Waals surface area (Å²) in [4.78, 5) is 11.7. The number of benzene rings is 1. The zero-order valence-corrected chi connectivity index (χ0v) is 13.5. The summed E-state index contributed by atoms with van der Waals surface area (Å²) in [5, 5.41) is 10.2. The zero-order chi connectivity index (χ0) is 16.5. The van der Waals surface area contributed by atoms with Crippen LogP contribution in [0.4, 0.5) is 10.6 Å². The number of amides is 2. The predicted molar refractivity (Wildman–Crippen MR) is 88.1 cm³/mol. The number of nitrogens with zero attached hydrogens (tertiary/aromatic N) is 2. The second-order valence-electron chi connectivity index (χ2n) is 4.64. The number of hydrogen-bond donors (Lipinski definition) is 2. The molecule has 124 valence electrons. The number of carbonyl (C=O) groups excluding carboxylic acids is 1. The molecule has 2 rings (SSSR count). The molecule has 8 heteroatoms. The number of ether oxygens (including phenoxy) is 2. The maximum absolute atomic E-state index is 11.7. The normalized spacial score (nSPS) is 10.3. The second-order valence-corrected chi connectivity index (χ2v) is 5.08. The first-order valence-electron chi connectivity index (χ1n) is 7.13. The highest BCUT2D eigenvalue weighted by Crippen LogP contribution is 2.15. The lowest BCUT2D eigenvalue weighted by atomic mass is 10.3. The van der Waals surface area contributed by atoms with Gasteiger partial charge in [0.2, 0.25) is 0 Å². The fourth-order valence-electron chi connectivity index (χ4n) is 1.76. The molecule has 0 bridgehead atoms. The highest BCUT2D eigenvalue weighted by atomic mass is 35.5. The summed E-state index contributed by atoms with van der Waals surface area (Å²) in [6.45, 7) is 1.93. The van der Waals surface area contributed by atoms with Crippen LogP contribution in [0.2, 0.25) is 5.02 Å². The van der Waals surface area contributed by atoms with Crippen molar-refractivity contribution in [1.29, 1.82) is 0 Å². The lowest BCUT2D eigenvalue weighted by Gasteiger charge is -2.08. The van der Waals surface area contributed by atoms with Crippen LogP contribution in [0, 0.1) is 0 Å². The van der Waals surface area contributed by atoms with Gasteiger partial charge in [-0.1, -0.05) is 11.6 Å². The van der Waals surface area contributed by atoms with Crippen molar-refractivity contribution in [2.24, 2.45) is 0 Å². The Balaban J connectivity index is 1.64. The molecule has 23 heavy (non-hydrogen) atoms. The number of carbonyl (C=O) groups is 1. The van der Waals surface area contributed by atoms with Gasteiger partial charge in [0.15, 0.2) is 5.82 Å². The summed E-state index contributed by atoms with van der Waals surface area (Å²) in [5.41, 5.74) is 0. The summed E-state index contributed by atoms with van der Waals surface area (Å²) in [6.07, 6.45) is 1.78. The largest absolute Gasteiger partial charge is 0.492 e. The summed E-state index contributed by atoms with van der Waals surface area (Å²) >= 11 is 5.79. The predicted octanol–water partition coefficient (Wildman–Crippen LogP) is 2.38. The molecular weight excluding hydrogens is 320 g/mol. The molecule has 0 aliphatic carbocycles. The van der Waals surface area contributed by atoms with Gasteiger partial charge in [-0.2, -0.15) is 5.10 Å². The van der Waals surface area contributed by atoms with E-state index >= 15 is 0 Å². The Morgan fingerprint density at radius 1 is 1.26 bits per heavy atom. The van der Waals surface area contributed by atoms with Gasteiger partial charge in [0.05, 0.1) is 19.7 Å². The van der Waals surface area contributed by atoms with E-state index in [0.29, 0.717) is 42.9 Å². The van der Waals surface area contributed by atoms with Crippen molar-refractivity contribution in [2.75, 3.05) is 32.2 Å². The highest BCUT2D eigenvalue weighted by molar-refractivity contribution is 6.30. The molecule has 0 saturated heterocycles. The van der Waals surface area contributed by atoms with Crippen molar-refractivity contribution in [1.82, 2.24) is 15.1 Å². The Hall–Kier alpha value is -2.25. The van der Waals surface area contributed by atoms with Gasteiger partial charge in [-0.15, -0.1) is 0 Å². The van der Waals surface area contributed by atoms with Gasteiger partial charge in [0.25, 0.3) is 0 Å². The van der Waals surface area contributed by atoms with E-state index in [0.717, 1.165) is 0 Å². The van der Waals surface area contributed by atoms with E-state index in [-0.39, 0.29) is 6.03 Å². The third kappa shape index (κ3) is 6.17. The average molecular weight is 339 g/mol. The quantitative estimate of drug-likeness (QED) is 0.724. The van der Waals surface area contributed by atoms with E-state index in [2.05, 4.69) is 15.7 Å². The Labute approximate surface area is 139 Å². The monoisotopic (exact) mass is 338 g/mol. The van der Waals surface area contributed by atoms with Gasteiger partial charge in [0.1, 0.15) is 12.4 Å². The number of halogens is 1. The van der Waals surface area contributed by atoms with Crippen LogP contribution < -0.4 is 15.4 Å². The first-order chi connectivity index (χ1) is 11.2. The minimum atomic E-state index is -0.332. The molecule has 0 aliphatic rings. The number of hydrogen-bond acceptors (Lipinski definition) is 4. The molecule has 0 fully saturated rings. The van der Waals surface area contributed by atoms with E-state index in [1.54, 1.807) is 48.3 Å². The maximum Gasteiger partial charge on any atom is 0.320 e. The fourth-order valence-corrected chi connectivity index (χ4v) is 1.89. The second kappa shape index (κ2) is 9.02. The van der Waals surface area contributed by atoms with Gasteiger partial charge in [-0.3, -0.25) is 10.00 Å². The van der Waals surface area contributed by atoms with Crippen LogP contribution in [0.15, 0.2) is 36.5 Å². The molecule has 1 heterocycles. The number of aromatic nitrogens is 2. The van der Waals surface area contributed by atoms with Crippen molar-refractivity contribution < 1.29 is 14.3 Å². The molecule has 2 amide bonds. The third-order valence-corrected chi connectivity index (χ3v) is 3.13. The number of anilines is 1. The summed E-state index contributed by atoms with van der Waals surface area (Å²) < 4.78 is 12.1. The molecule has 0 spiro atoms. The zero-order valence-electron chi connectivity index (χ0n) is 12.8. The lowest BCUT2D eigenvalue weighted by Crippen LogP contribution is -2.32. The van der Waals surface area contributed by atoms with Crippen molar-refractivity contribution in [3.8, 4) is 5.75 Å². The topological polar surface area (TPSA) is 77.4 Å². The SMILES string of the molecule is COCCn1ccc(NC(=O)NCCOc2ccc(Cl)cc2)n1. The molecule has 1 aromatic carbocycles. The Morgan fingerprint density at radius 2 is 2.04 bits per heavy atom. The van der Waals surface area contributed by atoms with Crippen LogP contribution in [0.5, 0.6) is 5.75 Å². The van der Waals surface area contributed by atoms with Gasteiger partial charge < -0.3 is 14.8 Å². The molecule has 0 aliphatic heterocycles. The Morgan fingerprint density at radius 3 is 2.78 bits per heavy atom. The maximum atomic E-state index is 11.7. The molecule has 7 nitrogen and oxygen atoms in total. The van der Waals surface area contributed by atoms with E-state index in [1.807, 2.05) is 0 Å². The molecule has 0 saturated carbocycles. The first kappa shape index (κ1) is 17.1. The van der Waals surface area contributed by atoms with E-state index in [4.69, 9.17) is 21.1 Å². The highest BCUT2D eigenvalue weighted by Gasteiger charge is 2.04. The standard InChI is InChI=1S/C15H19ClN4O3/c1-22-11-9-20-8-6-14(19-20)18-15(21)17-7-10-23-13-4-2-12(16)3-5-13/h2-6,8H,7,9-11H2,1H3,(H2,17,18,19,21). The van der Waals surface area contributed by atoms with E-state index in [9.17, 15) is 4.79 Å². The van der Waals surface area contributed by atoms with Crippen LogP contribution in [0.1, 0.15) is 0 Å².